The molecule has 0 aliphatic heterocycles. The minimum Gasteiger partial charge on any atom is -0.378 e. The normalized spacial score (nSPS) is 20.4. The highest BCUT2D eigenvalue weighted by Gasteiger charge is 2.24. The van der Waals surface area contributed by atoms with Gasteiger partial charge < -0.3 is 4.74 Å². The first-order valence-electron chi connectivity index (χ1n) is 6.86. The van der Waals surface area contributed by atoms with Gasteiger partial charge in [0.25, 0.3) is 0 Å². The van der Waals surface area contributed by atoms with E-state index in [0.29, 0.717) is 12.1 Å². The molecule has 3 nitrogen and oxygen atoms in total. The molecule has 98 valence electrons. The Hall–Kier alpha value is -0.590. The summed E-state index contributed by atoms with van der Waals surface area (Å²) in [7, 11) is 0. The van der Waals surface area contributed by atoms with E-state index in [-0.39, 0.29) is 0 Å². The van der Waals surface area contributed by atoms with Crippen molar-refractivity contribution in [3.8, 4) is 6.07 Å². The van der Waals surface area contributed by atoms with E-state index in [9.17, 15) is 5.26 Å². The minimum absolute atomic E-state index is 0.343. The molecule has 1 fully saturated rings. The topological polar surface area (TPSA) is 45.0 Å². The first kappa shape index (κ1) is 14.5. The summed E-state index contributed by atoms with van der Waals surface area (Å²) in [5, 5.41) is 12.5. The van der Waals surface area contributed by atoms with E-state index in [0.717, 1.165) is 19.4 Å². The summed E-state index contributed by atoms with van der Waals surface area (Å²) < 4.78 is 5.81. The van der Waals surface area contributed by atoms with Crippen LogP contribution < -0.4 is 5.32 Å². The number of nitrogens with zero attached hydrogens (tertiary/aromatic N) is 1. The van der Waals surface area contributed by atoms with Crippen LogP contribution >= 0.6 is 0 Å². The van der Waals surface area contributed by atoms with Crippen molar-refractivity contribution in [1.82, 2.24) is 5.32 Å². The fourth-order valence-corrected chi connectivity index (χ4v) is 2.53. The molecule has 1 rings (SSSR count). The van der Waals surface area contributed by atoms with Crippen molar-refractivity contribution in [3.05, 3.63) is 0 Å². The zero-order valence-corrected chi connectivity index (χ0v) is 11.5. The maximum atomic E-state index is 9.19. The quantitative estimate of drug-likeness (QED) is 0.693. The van der Waals surface area contributed by atoms with Crippen LogP contribution in [-0.2, 0) is 4.74 Å². The van der Waals surface area contributed by atoms with Gasteiger partial charge in [-0.2, -0.15) is 5.26 Å². The number of rotatable bonds is 7. The van der Waals surface area contributed by atoms with E-state index in [2.05, 4.69) is 25.2 Å². The largest absolute Gasteiger partial charge is 0.378 e. The van der Waals surface area contributed by atoms with E-state index in [4.69, 9.17) is 4.74 Å². The Labute approximate surface area is 106 Å². The van der Waals surface area contributed by atoms with E-state index in [1.165, 1.54) is 25.7 Å². The third-order valence-electron chi connectivity index (χ3n) is 3.33. The second kappa shape index (κ2) is 6.98. The molecule has 1 unspecified atom stereocenters. The van der Waals surface area contributed by atoms with Crippen LogP contribution in [0.25, 0.3) is 0 Å². The van der Waals surface area contributed by atoms with E-state index >= 15 is 0 Å². The Morgan fingerprint density at radius 1 is 1.41 bits per heavy atom. The molecule has 0 bridgehead atoms. The van der Waals surface area contributed by atoms with Gasteiger partial charge in [-0.25, -0.2) is 0 Å². The lowest BCUT2D eigenvalue weighted by Crippen LogP contribution is -2.45. The van der Waals surface area contributed by atoms with Crippen molar-refractivity contribution in [1.29, 1.82) is 5.26 Å². The molecule has 0 saturated heterocycles. The van der Waals surface area contributed by atoms with Crippen molar-refractivity contribution in [2.75, 3.05) is 6.61 Å². The maximum Gasteiger partial charge on any atom is 0.104 e. The zero-order chi connectivity index (χ0) is 12.7. The zero-order valence-electron chi connectivity index (χ0n) is 11.5. The van der Waals surface area contributed by atoms with Gasteiger partial charge >= 0.3 is 0 Å². The number of hydrogen-bond acceptors (Lipinski definition) is 3. The lowest BCUT2D eigenvalue weighted by molar-refractivity contribution is 0.0534. The van der Waals surface area contributed by atoms with Crippen LogP contribution in [0, 0.1) is 11.3 Å². The van der Waals surface area contributed by atoms with Gasteiger partial charge in [-0.15, -0.1) is 0 Å². The highest BCUT2D eigenvalue weighted by molar-refractivity contribution is 5.04. The first-order chi connectivity index (χ1) is 8.06. The summed E-state index contributed by atoms with van der Waals surface area (Å²) in [6.45, 7) is 6.92. The second-order valence-electron chi connectivity index (χ2n) is 5.62. The third kappa shape index (κ3) is 5.52. The molecule has 1 aliphatic carbocycles. The first-order valence-corrected chi connectivity index (χ1v) is 6.86. The predicted octanol–water partition coefficient (Wildman–Crippen LogP) is 3.01. The molecule has 1 aliphatic rings. The van der Waals surface area contributed by atoms with Crippen LogP contribution in [-0.4, -0.2) is 24.3 Å². The van der Waals surface area contributed by atoms with E-state index < -0.39 is 5.54 Å². The van der Waals surface area contributed by atoms with Crippen LogP contribution in [0.4, 0.5) is 0 Å². The molecule has 0 aromatic carbocycles. The van der Waals surface area contributed by atoms with Crippen LogP contribution in [0.2, 0.25) is 0 Å². The average molecular weight is 238 g/mol. The van der Waals surface area contributed by atoms with E-state index in [1.807, 2.05) is 6.92 Å². The molecule has 1 saturated carbocycles. The summed E-state index contributed by atoms with van der Waals surface area (Å²) in [6, 6.07) is 2.71. The predicted molar refractivity (Wildman–Crippen MR) is 69.7 cm³/mol. The molecule has 0 spiro atoms. The molecule has 3 heteroatoms. The Bertz CT molecular complexity index is 253. The van der Waals surface area contributed by atoms with Crippen molar-refractivity contribution in [2.45, 2.75) is 77.0 Å². The molecule has 17 heavy (non-hydrogen) atoms. The summed E-state index contributed by atoms with van der Waals surface area (Å²) in [5.41, 5.74) is -0.410. The maximum absolute atomic E-state index is 9.19. The molecule has 0 heterocycles. The van der Waals surface area contributed by atoms with E-state index in [1.54, 1.807) is 0 Å². The van der Waals surface area contributed by atoms with Crippen molar-refractivity contribution in [2.24, 2.45) is 0 Å². The Balaban J connectivity index is 2.16. The van der Waals surface area contributed by atoms with Gasteiger partial charge in [0.1, 0.15) is 5.54 Å². The molecule has 0 aromatic heterocycles. The van der Waals surface area contributed by atoms with Crippen LogP contribution in [0.1, 0.15) is 59.3 Å². The van der Waals surface area contributed by atoms with Gasteiger partial charge in [-0.3, -0.25) is 5.32 Å². The lowest BCUT2D eigenvalue weighted by Gasteiger charge is -2.26. The molecule has 0 aromatic rings. The Morgan fingerprint density at radius 2 is 2.06 bits per heavy atom. The van der Waals surface area contributed by atoms with Crippen LogP contribution in [0.3, 0.4) is 0 Å². The van der Waals surface area contributed by atoms with Gasteiger partial charge in [0, 0.05) is 12.6 Å². The lowest BCUT2D eigenvalue weighted by atomic mass is 9.97. The van der Waals surface area contributed by atoms with Crippen LogP contribution in [0.15, 0.2) is 0 Å². The van der Waals surface area contributed by atoms with Crippen molar-refractivity contribution >= 4 is 0 Å². The summed E-state index contributed by atoms with van der Waals surface area (Å²) in [5.74, 6) is 0. The van der Waals surface area contributed by atoms with Crippen molar-refractivity contribution in [3.63, 3.8) is 0 Å². The fourth-order valence-electron chi connectivity index (χ4n) is 2.53. The molecule has 0 radical (unpaired) electrons. The highest BCUT2D eigenvalue weighted by atomic mass is 16.5. The Morgan fingerprint density at radius 3 is 2.59 bits per heavy atom. The number of ether oxygens (including phenoxy) is 1. The number of nitrogens with one attached hydrogen (secondary N) is 1. The number of hydrogen-bond donors (Lipinski definition) is 1. The average Bonchev–Trinajstić information content (AvgIpc) is 2.76. The van der Waals surface area contributed by atoms with Gasteiger partial charge in [-0.05, 0) is 46.5 Å². The van der Waals surface area contributed by atoms with Crippen LogP contribution in [0.5, 0.6) is 0 Å². The molecule has 0 amide bonds. The van der Waals surface area contributed by atoms with Crippen molar-refractivity contribution < 1.29 is 4.74 Å². The van der Waals surface area contributed by atoms with Gasteiger partial charge in [0.2, 0.25) is 0 Å². The summed E-state index contributed by atoms with van der Waals surface area (Å²) in [6.07, 6.45) is 7.38. The minimum atomic E-state index is -0.410. The summed E-state index contributed by atoms with van der Waals surface area (Å²) in [4.78, 5) is 0. The number of nitriles is 1. The monoisotopic (exact) mass is 238 g/mol. The molecular formula is C14H26N2O. The molecule has 1 atom stereocenters. The van der Waals surface area contributed by atoms with Gasteiger partial charge in [-0.1, -0.05) is 12.8 Å². The standard InChI is InChI=1S/C14H26N2O/c1-12(2)16-14(3,11-15)9-6-10-17-13-7-4-5-8-13/h12-13,16H,4-10H2,1-3H3. The highest BCUT2D eigenvalue weighted by Crippen LogP contribution is 2.21. The summed E-state index contributed by atoms with van der Waals surface area (Å²) >= 11 is 0. The van der Waals surface area contributed by atoms with Gasteiger partial charge in [0.05, 0.1) is 12.2 Å². The third-order valence-corrected chi connectivity index (χ3v) is 3.33. The Kier molecular flexibility index (Phi) is 5.94. The SMILES string of the molecule is CC(C)NC(C)(C#N)CCCOC1CCCC1. The molecule has 1 N–H and O–H groups in total. The molecular weight excluding hydrogens is 212 g/mol. The fraction of sp³-hybridized carbons (Fsp3) is 0.929. The van der Waals surface area contributed by atoms with Gasteiger partial charge in [0.15, 0.2) is 0 Å². The second-order valence-corrected chi connectivity index (χ2v) is 5.62. The smallest absolute Gasteiger partial charge is 0.104 e.